The zero-order valence-corrected chi connectivity index (χ0v) is 9.26. The summed E-state index contributed by atoms with van der Waals surface area (Å²) < 4.78 is 0. The third-order valence-electron chi connectivity index (χ3n) is 2.87. The Morgan fingerprint density at radius 1 is 1.43 bits per heavy atom. The summed E-state index contributed by atoms with van der Waals surface area (Å²) in [4.78, 5) is 23.8. The van der Waals surface area contributed by atoms with Crippen LogP contribution in [0.15, 0.2) is 0 Å². The first-order valence-electron chi connectivity index (χ1n) is 4.90. The van der Waals surface area contributed by atoms with E-state index in [2.05, 4.69) is 33.0 Å². The van der Waals surface area contributed by atoms with Crippen LogP contribution >= 0.6 is 0 Å². The summed E-state index contributed by atoms with van der Waals surface area (Å²) in [5.74, 6) is 0.182. The molecule has 0 aromatic rings. The highest BCUT2D eigenvalue weighted by Crippen LogP contribution is 2.26. The zero-order chi connectivity index (χ0) is 10.9. The van der Waals surface area contributed by atoms with Gasteiger partial charge >= 0.3 is 6.03 Å². The van der Waals surface area contributed by atoms with E-state index in [1.807, 2.05) is 0 Å². The first-order chi connectivity index (χ1) is 6.32. The molecule has 1 rings (SSSR count). The van der Waals surface area contributed by atoms with E-state index in [1.54, 1.807) is 0 Å². The van der Waals surface area contributed by atoms with Crippen LogP contribution in [0.2, 0.25) is 0 Å². The van der Waals surface area contributed by atoms with Gasteiger partial charge in [-0.2, -0.15) is 0 Å². The van der Waals surface area contributed by atoms with Gasteiger partial charge in [-0.05, 0) is 11.3 Å². The fourth-order valence-corrected chi connectivity index (χ4v) is 1.19. The largest absolute Gasteiger partial charge is 0.329 e. The number of imide groups is 1. The molecule has 0 radical (unpaired) electrons. The number of carbonyl (C=O) groups excluding carboxylic acids is 2. The van der Waals surface area contributed by atoms with Crippen molar-refractivity contribution in [1.82, 2.24) is 10.2 Å². The van der Waals surface area contributed by atoms with E-state index in [0.717, 1.165) is 0 Å². The number of amides is 3. The topological polar surface area (TPSA) is 49.4 Å². The first kappa shape index (κ1) is 11.0. The second kappa shape index (κ2) is 3.59. The molecule has 0 spiro atoms. The SMILES string of the molecule is C[C@H](CN1C(=O)CNC1=O)C(C)(C)C. The highest BCUT2D eigenvalue weighted by Gasteiger charge is 2.32. The van der Waals surface area contributed by atoms with Gasteiger partial charge in [0.2, 0.25) is 5.91 Å². The van der Waals surface area contributed by atoms with Crippen molar-refractivity contribution in [1.29, 1.82) is 0 Å². The fraction of sp³-hybridized carbons (Fsp3) is 0.800. The molecule has 3 amide bonds. The lowest BCUT2D eigenvalue weighted by molar-refractivity contribution is -0.125. The smallest absolute Gasteiger partial charge is 0.324 e. The van der Waals surface area contributed by atoms with Crippen molar-refractivity contribution in [3.05, 3.63) is 0 Å². The van der Waals surface area contributed by atoms with Crippen LogP contribution in [0.4, 0.5) is 4.79 Å². The second-order valence-electron chi connectivity index (χ2n) is 4.93. The van der Waals surface area contributed by atoms with Gasteiger partial charge in [0, 0.05) is 6.54 Å². The van der Waals surface area contributed by atoms with Crippen LogP contribution in [0.1, 0.15) is 27.7 Å². The molecule has 1 atom stereocenters. The molecule has 1 saturated heterocycles. The Bertz CT molecular complexity index is 239. The molecule has 4 heteroatoms. The number of nitrogens with zero attached hydrogens (tertiary/aromatic N) is 1. The molecule has 0 aliphatic carbocycles. The molecule has 1 heterocycles. The molecule has 0 aromatic carbocycles. The molecule has 0 unspecified atom stereocenters. The molecule has 1 aliphatic heterocycles. The molecule has 1 fully saturated rings. The second-order valence-corrected chi connectivity index (χ2v) is 4.93. The lowest BCUT2D eigenvalue weighted by atomic mass is 9.82. The van der Waals surface area contributed by atoms with Crippen molar-refractivity contribution >= 4 is 11.9 Å². The Balaban J connectivity index is 2.60. The predicted octanol–water partition coefficient (Wildman–Crippen LogP) is 1.22. The van der Waals surface area contributed by atoms with Gasteiger partial charge in [-0.1, -0.05) is 27.7 Å². The van der Waals surface area contributed by atoms with Gasteiger partial charge < -0.3 is 5.32 Å². The Kier molecular flexibility index (Phi) is 2.83. The normalized spacial score (nSPS) is 19.9. The van der Waals surface area contributed by atoms with Crippen LogP contribution in [0, 0.1) is 11.3 Å². The molecule has 0 aromatic heterocycles. The predicted molar refractivity (Wildman–Crippen MR) is 53.7 cm³/mol. The summed E-state index contributed by atoms with van der Waals surface area (Å²) in [6, 6.07) is -0.258. The van der Waals surface area contributed by atoms with Gasteiger partial charge in [-0.3, -0.25) is 9.69 Å². The maximum absolute atomic E-state index is 11.3. The molecular formula is C10H18N2O2. The monoisotopic (exact) mass is 198 g/mol. The minimum Gasteiger partial charge on any atom is -0.329 e. The summed E-state index contributed by atoms with van der Waals surface area (Å²) in [7, 11) is 0. The lowest BCUT2D eigenvalue weighted by Gasteiger charge is -2.29. The average molecular weight is 198 g/mol. The molecule has 80 valence electrons. The molecule has 4 nitrogen and oxygen atoms in total. The Labute approximate surface area is 84.7 Å². The van der Waals surface area contributed by atoms with E-state index < -0.39 is 0 Å². The molecular weight excluding hydrogens is 180 g/mol. The number of carbonyl (C=O) groups is 2. The first-order valence-corrected chi connectivity index (χ1v) is 4.90. The number of hydrogen-bond acceptors (Lipinski definition) is 2. The number of urea groups is 1. The van der Waals surface area contributed by atoms with Crippen LogP contribution in [-0.4, -0.2) is 29.9 Å². The molecule has 0 bridgehead atoms. The summed E-state index contributed by atoms with van der Waals surface area (Å²) in [6.45, 7) is 9.03. The maximum atomic E-state index is 11.3. The summed E-state index contributed by atoms with van der Waals surface area (Å²) in [5, 5.41) is 2.51. The van der Waals surface area contributed by atoms with Gasteiger partial charge in [0.05, 0.1) is 6.54 Å². The number of nitrogens with one attached hydrogen (secondary N) is 1. The van der Waals surface area contributed by atoms with Gasteiger partial charge in [-0.15, -0.1) is 0 Å². The fourth-order valence-electron chi connectivity index (χ4n) is 1.19. The molecule has 14 heavy (non-hydrogen) atoms. The van der Waals surface area contributed by atoms with Gasteiger partial charge in [0.25, 0.3) is 0 Å². The molecule has 1 N–H and O–H groups in total. The average Bonchev–Trinajstić information content (AvgIpc) is 2.34. The highest BCUT2D eigenvalue weighted by molar-refractivity contribution is 6.01. The minimum atomic E-state index is -0.258. The van der Waals surface area contributed by atoms with E-state index in [0.29, 0.717) is 12.5 Å². The number of rotatable bonds is 2. The van der Waals surface area contributed by atoms with Crippen LogP contribution in [-0.2, 0) is 4.79 Å². The highest BCUT2D eigenvalue weighted by atomic mass is 16.2. The van der Waals surface area contributed by atoms with Gasteiger partial charge in [0.1, 0.15) is 0 Å². The standard InChI is InChI=1S/C10H18N2O2/c1-7(10(2,3)4)6-12-8(13)5-11-9(12)14/h7H,5-6H2,1-4H3,(H,11,14)/t7-/m1/s1. The third-order valence-corrected chi connectivity index (χ3v) is 2.87. The van der Waals surface area contributed by atoms with Crippen molar-refractivity contribution in [3.8, 4) is 0 Å². The third kappa shape index (κ3) is 2.25. The van der Waals surface area contributed by atoms with Gasteiger partial charge in [-0.25, -0.2) is 4.79 Å². The maximum Gasteiger partial charge on any atom is 0.324 e. The van der Waals surface area contributed by atoms with Crippen LogP contribution in [0.3, 0.4) is 0 Å². The lowest BCUT2D eigenvalue weighted by Crippen LogP contribution is -2.38. The zero-order valence-electron chi connectivity index (χ0n) is 9.26. The Morgan fingerprint density at radius 3 is 2.36 bits per heavy atom. The van der Waals surface area contributed by atoms with E-state index in [-0.39, 0.29) is 23.9 Å². The number of hydrogen-bond donors (Lipinski definition) is 1. The Hall–Kier alpha value is -1.06. The van der Waals surface area contributed by atoms with Crippen LogP contribution in [0.5, 0.6) is 0 Å². The van der Waals surface area contributed by atoms with Crippen LogP contribution < -0.4 is 5.32 Å². The quantitative estimate of drug-likeness (QED) is 0.678. The van der Waals surface area contributed by atoms with Crippen LogP contribution in [0.25, 0.3) is 0 Å². The van der Waals surface area contributed by atoms with E-state index in [1.165, 1.54) is 4.90 Å². The molecule has 0 saturated carbocycles. The van der Waals surface area contributed by atoms with E-state index in [4.69, 9.17) is 0 Å². The summed E-state index contributed by atoms with van der Waals surface area (Å²) >= 11 is 0. The summed E-state index contributed by atoms with van der Waals surface area (Å²) in [5.41, 5.74) is 0.114. The van der Waals surface area contributed by atoms with Crippen molar-refractivity contribution < 1.29 is 9.59 Å². The summed E-state index contributed by atoms with van der Waals surface area (Å²) in [6.07, 6.45) is 0. The van der Waals surface area contributed by atoms with Crippen molar-refractivity contribution in [3.63, 3.8) is 0 Å². The van der Waals surface area contributed by atoms with Crippen molar-refractivity contribution in [2.45, 2.75) is 27.7 Å². The van der Waals surface area contributed by atoms with Crippen molar-refractivity contribution in [2.75, 3.05) is 13.1 Å². The molecule has 1 aliphatic rings. The minimum absolute atomic E-state index is 0.114. The Morgan fingerprint density at radius 2 is 2.00 bits per heavy atom. The van der Waals surface area contributed by atoms with Gasteiger partial charge in [0.15, 0.2) is 0 Å². The van der Waals surface area contributed by atoms with E-state index >= 15 is 0 Å². The van der Waals surface area contributed by atoms with Crippen molar-refractivity contribution in [2.24, 2.45) is 11.3 Å². The van der Waals surface area contributed by atoms with E-state index in [9.17, 15) is 9.59 Å².